The first-order valence-corrected chi connectivity index (χ1v) is 14.9. The normalized spacial score (nSPS) is 27.0. The minimum absolute atomic E-state index is 0.0966. The Balaban J connectivity index is 1.49. The van der Waals surface area contributed by atoms with E-state index in [1.807, 2.05) is 31.2 Å². The number of hydrogen-bond acceptors (Lipinski definition) is 6. The molecule has 0 spiro atoms. The molecule has 4 rings (SSSR count). The molecule has 2 aliphatic heterocycles. The van der Waals surface area contributed by atoms with Crippen LogP contribution in [0.2, 0.25) is 0 Å². The summed E-state index contributed by atoms with van der Waals surface area (Å²) in [6.07, 6.45) is 8.81. The highest BCUT2D eigenvalue weighted by Crippen LogP contribution is 2.29. The molecule has 3 atom stereocenters. The quantitative estimate of drug-likeness (QED) is 0.593. The highest BCUT2D eigenvalue weighted by atomic mass is 16.5. The van der Waals surface area contributed by atoms with Crippen LogP contribution in [0, 0.1) is 17.8 Å². The van der Waals surface area contributed by atoms with Gasteiger partial charge >= 0.3 is 0 Å². The number of benzene rings is 1. The Labute approximate surface area is 228 Å². The van der Waals surface area contributed by atoms with Crippen molar-refractivity contribution >= 4 is 17.5 Å². The lowest BCUT2D eigenvalue weighted by molar-refractivity contribution is -0.133. The minimum atomic E-state index is -0.488. The third-order valence-corrected chi connectivity index (χ3v) is 8.53. The van der Waals surface area contributed by atoms with Gasteiger partial charge in [-0.2, -0.15) is 0 Å². The molecule has 7 heteroatoms. The molecule has 1 saturated carbocycles. The van der Waals surface area contributed by atoms with Crippen molar-refractivity contribution in [2.24, 2.45) is 17.8 Å². The summed E-state index contributed by atoms with van der Waals surface area (Å²) in [6, 6.07) is 7.49. The lowest BCUT2D eigenvalue weighted by Gasteiger charge is -2.29. The number of nitrogens with zero attached hydrogens (tertiary/aromatic N) is 1. The molecule has 2 heterocycles. The first-order valence-electron chi connectivity index (χ1n) is 14.9. The van der Waals surface area contributed by atoms with Crippen LogP contribution in [-0.4, -0.2) is 67.9 Å². The number of Topliss-reactive ketones (excluding diaryl/α,β-unsaturated/α-hetero) is 2. The van der Waals surface area contributed by atoms with Crippen LogP contribution in [0.3, 0.4) is 0 Å². The Morgan fingerprint density at radius 2 is 1.76 bits per heavy atom. The van der Waals surface area contributed by atoms with Gasteiger partial charge in [0, 0.05) is 37.8 Å². The van der Waals surface area contributed by atoms with Crippen LogP contribution < -0.4 is 10.1 Å². The molecular weight excluding hydrogens is 480 g/mol. The van der Waals surface area contributed by atoms with E-state index in [0.717, 1.165) is 56.6 Å². The van der Waals surface area contributed by atoms with Crippen LogP contribution in [0.15, 0.2) is 24.3 Å². The summed E-state index contributed by atoms with van der Waals surface area (Å²) in [7, 11) is 0. The van der Waals surface area contributed by atoms with Gasteiger partial charge in [0.25, 0.3) is 0 Å². The fraction of sp³-hybridized carbons (Fsp3) is 0.710. The number of hydrogen-bond donors (Lipinski definition) is 1. The monoisotopic (exact) mass is 526 g/mol. The first kappa shape index (κ1) is 28.8. The molecule has 210 valence electrons. The SMILES string of the molecule is CC1Cc2cccc(c2)OCCCC[C@@H](C(=O)CC2CCCC2)NC(=O)[C@H](CCN2CCOCC2)CC1=O. The third-order valence-electron chi connectivity index (χ3n) is 8.53. The van der Waals surface area contributed by atoms with Crippen molar-refractivity contribution < 1.29 is 23.9 Å². The number of fused-ring (bicyclic) bond motifs is 2. The largest absolute Gasteiger partial charge is 0.494 e. The third kappa shape index (κ3) is 8.91. The smallest absolute Gasteiger partial charge is 0.224 e. The number of rotatable bonds is 6. The molecule has 1 aromatic rings. The van der Waals surface area contributed by atoms with Gasteiger partial charge in [0.15, 0.2) is 5.78 Å². The van der Waals surface area contributed by atoms with Gasteiger partial charge in [-0.1, -0.05) is 44.7 Å². The van der Waals surface area contributed by atoms with E-state index in [2.05, 4.69) is 10.2 Å². The number of carbonyl (C=O) groups is 3. The Hall–Kier alpha value is -2.25. The standard InChI is InChI=1S/C31H46N2O5/c1-23-19-25-9-6-10-27(20-25)38-16-5-4-11-28(30(35)21-24-7-2-3-8-24)32-31(36)26(22-29(23)34)12-13-33-14-17-37-18-15-33/h6,9-10,20,23-24,26,28H,2-5,7-8,11-19,21-22H2,1H3,(H,32,36)/t23?,26-,28+/m1/s1. The maximum absolute atomic E-state index is 13.6. The predicted octanol–water partition coefficient (Wildman–Crippen LogP) is 4.36. The summed E-state index contributed by atoms with van der Waals surface area (Å²) >= 11 is 0. The molecule has 1 N–H and O–H groups in total. The van der Waals surface area contributed by atoms with Crippen LogP contribution in [0.4, 0.5) is 0 Å². The lowest BCUT2D eigenvalue weighted by Crippen LogP contribution is -2.46. The zero-order valence-corrected chi connectivity index (χ0v) is 23.1. The van der Waals surface area contributed by atoms with E-state index < -0.39 is 12.0 Å². The topological polar surface area (TPSA) is 84.9 Å². The fourth-order valence-corrected chi connectivity index (χ4v) is 6.05. The van der Waals surface area contributed by atoms with Crippen molar-refractivity contribution in [3.8, 4) is 5.75 Å². The zero-order valence-electron chi connectivity index (χ0n) is 23.1. The highest BCUT2D eigenvalue weighted by molar-refractivity contribution is 5.92. The van der Waals surface area contributed by atoms with E-state index in [-0.39, 0.29) is 29.8 Å². The van der Waals surface area contributed by atoms with Gasteiger partial charge < -0.3 is 14.8 Å². The van der Waals surface area contributed by atoms with Crippen molar-refractivity contribution in [3.63, 3.8) is 0 Å². The molecule has 0 aromatic heterocycles. The number of nitrogens with one attached hydrogen (secondary N) is 1. The van der Waals surface area contributed by atoms with Gasteiger partial charge in [-0.05, 0) is 62.3 Å². The Bertz CT molecular complexity index is 923. The van der Waals surface area contributed by atoms with Gasteiger partial charge in [0.1, 0.15) is 11.5 Å². The maximum atomic E-state index is 13.6. The van der Waals surface area contributed by atoms with E-state index in [0.29, 0.717) is 51.4 Å². The van der Waals surface area contributed by atoms with Crippen molar-refractivity contribution in [1.29, 1.82) is 0 Å². The second-order valence-electron chi connectivity index (χ2n) is 11.6. The fourth-order valence-electron chi connectivity index (χ4n) is 6.05. The molecule has 1 aromatic carbocycles. The molecule has 38 heavy (non-hydrogen) atoms. The molecule has 2 bridgehead atoms. The summed E-state index contributed by atoms with van der Waals surface area (Å²) in [4.78, 5) is 42.6. The van der Waals surface area contributed by atoms with Gasteiger partial charge in [0.2, 0.25) is 5.91 Å². The van der Waals surface area contributed by atoms with Crippen molar-refractivity contribution in [2.45, 2.75) is 83.6 Å². The molecule has 1 unspecified atom stereocenters. The van der Waals surface area contributed by atoms with Crippen molar-refractivity contribution in [2.75, 3.05) is 39.5 Å². The number of carbonyl (C=O) groups excluding carboxylic acids is 3. The second kappa shape index (κ2) is 14.8. The molecule has 7 nitrogen and oxygen atoms in total. The van der Waals surface area contributed by atoms with Crippen LogP contribution in [0.1, 0.15) is 76.7 Å². The van der Waals surface area contributed by atoms with E-state index in [4.69, 9.17) is 9.47 Å². The Morgan fingerprint density at radius 1 is 1.00 bits per heavy atom. The lowest BCUT2D eigenvalue weighted by atomic mass is 9.88. The van der Waals surface area contributed by atoms with Crippen LogP contribution in [0.25, 0.3) is 0 Å². The number of ether oxygens (including phenoxy) is 2. The predicted molar refractivity (Wildman–Crippen MR) is 147 cm³/mol. The van der Waals surface area contributed by atoms with E-state index in [1.165, 1.54) is 12.8 Å². The summed E-state index contributed by atoms with van der Waals surface area (Å²) < 4.78 is 11.4. The highest BCUT2D eigenvalue weighted by Gasteiger charge is 2.30. The second-order valence-corrected chi connectivity index (χ2v) is 11.6. The maximum Gasteiger partial charge on any atom is 0.224 e. The molecule has 2 fully saturated rings. The van der Waals surface area contributed by atoms with Gasteiger partial charge in [-0.3, -0.25) is 19.3 Å². The Kier molecular flexibility index (Phi) is 11.2. The minimum Gasteiger partial charge on any atom is -0.494 e. The summed E-state index contributed by atoms with van der Waals surface area (Å²) in [6.45, 7) is 6.37. The number of morpholine rings is 1. The number of amides is 1. The zero-order chi connectivity index (χ0) is 26.7. The molecular formula is C31H46N2O5. The van der Waals surface area contributed by atoms with Gasteiger partial charge in [-0.15, -0.1) is 0 Å². The van der Waals surface area contributed by atoms with Gasteiger partial charge in [-0.25, -0.2) is 0 Å². The summed E-state index contributed by atoms with van der Waals surface area (Å²) in [5, 5.41) is 3.13. The van der Waals surface area contributed by atoms with Crippen molar-refractivity contribution in [3.05, 3.63) is 29.8 Å². The van der Waals surface area contributed by atoms with E-state index >= 15 is 0 Å². The van der Waals surface area contributed by atoms with Crippen LogP contribution >= 0.6 is 0 Å². The summed E-state index contributed by atoms with van der Waals surface area (Å²) in [5.41, 5.74) is 1.07. The van der Waals surface area contributed by atoms with Crippen LogP contribution in [0.5, 0.6) is 5.75 Å². The molecule has 1 saturated heterocycles. The average Bonchev–Trinajstić information content (AvgIpc) is 3.43. The first-order chi connectivity index (χ1) is 18.5. The molecule has 3 aliphatic rings. The molecule has 1 amide bonds. The average molecular weight is 527 g/mol. The Morgan fingerprint density at radius 3 is 2.55 bits per heavy atom. The van der Waals surface area contributed by atoms with E-state index in [9.17, 15) is 14.4 Å². The van der Waals surface area contributed by atoms with Crippen LogP contribution in [-0.2, 0) is 25.5 Å². The van der Waals surface area contributed by atoms with E-state index in [1.54, 1.807) is 0 Å². The summed E-state index contributed by atoms with van der Waals surface area (Å²) in [5.74, 6) is 0.725. The molecule has 0 radical (unpaired) electrons. The van der Waals surface area contributed by atoms with Crippen molar-refractivity contribution in [1.82, 2.24) is 10.2 Å². The molecule has 1 aliphatic carbocycles. The number of ketones is 2. The van der Waals surface area contributed by atoms with Gasteiger partial charge in [0.05, 0.1) is 25.9 Å².